The highest BCUT2D eigenvalue weighted by molar-refractivity contribution is 5.62. The molecule has 76 valence electrons. The third-order valence-electron chi connectivity index (χ3n) is 1.93. The second kappa shape index (κ2) is 3.61. The maximum Gasteiger partial charge on any atom is 0.264 e. The quantitative estimate of drug-likeness (QED) is 0.775. The van der Waals surface area contributed by atoms with E-state index in [2.05, 4.69) is 10.2 Å². The molecule has 0 atom stereocenters. The van der Waals surface area contributed by atoms with Gasteiger partial charge in [0.25, 0.3) is 5.56 Å². The van der Waals surface area contributed by atoms with E-state index in [1.807, 2.05) is 0 Å². The van der Waals surface area contributed by atoms with Gasteiger partial charge in [-0.2, -0.15) is 5.10 Å². The van der Waals surface area contributed by atoms with Crippen LogP contribution in [0.15, 0.2) is 35.3 Å². The Morgan fingerprint density at radius 1 is 1.27 bits per heavy atom. The smallest absolute Gasteiger partial charge is 0.264 e. The predicted octanol–water partition coefficient (Wildman–Crippen LogP) is 1.72. The molecule has 1 aromatic heterocycles. The SMILES string of the molecule is O=c1cc(-c2cccc(F)c2F)cn[nH]1. The summed E-state index contributed by atoms with van der Waals surface area (Å²) < 4.78 is 26.2. The van der Waals surface area contributed by atoms with E-state index in [4.69, 9.17) is 0 Å². The van der Waals surface area contributed by atoms with Crippen LogP contribution in [-0.2, 0) is 0 Å². The molecule has 5 heteroatoms. The molecule has 0 saturated carbocycles. The molecule has 1 aromatic carbocycles. The number of halogens is 2. The van der Waals surface area contributed by atoms with Crippen LogP contribution in [0.1, 0.15) is 0 Å². The molecular weight excluding hydrogens is 202 g/mol. The zero-order valence-corrected chi connectivity index (χ0v) is 7.50. The van der Waals surface area contributed by atoms with Crippen LogP contribution in [-0.4, -0.2) is 10.2 Å². The van der Waals surface area contributed by atoms with Gasteiger partial charge in [-0.3, -0.25) is 4.79 Å². The lowest BCUT2D eigenvalue weighted by Gasteiger charge is -2.02. The maximum absolute atomic E-state index is 13.3. The third kappa shape index (κ3) is 1.76. The van der Waals surface area contributed by atoms with Gasteiger partial charge in [0, 0.05) is 17.2 Å². The highest BCUT2D eigenvalue weighted by atomic mass is 19.2. The molecule has 0 fully saturated rings. The molecule has 0 aliphatic heterocycles. The zero-order valence-electron chi connectivity index (χ0n) is 7.50. The molecule has 0 spiro atoms. The molecule has 0 radical (unpaired) electrons. The fraction of sp³-hybridized carbons (Fsp3) is 0. The fourth-order valence-electron chi connectivity index (χ4n) is 1.25. The van der Waals surface area contributed by atoms with Gasteiger partial charge in [0.05, 0.1) is 6.20 Å². The van der Waals surface area contributed by atoms with E-state index in [1.54, 1.807) is 0 Å². The minimum absolute atomic E-state index is 0.0219. The normalized spacial score (nSPS) is 10.3. The highest BCUT2D eigenvalue weighted by Crippen LogP contribution is 2.21. The summed E-state index contributed by atoms with van der Waals surface area (Å²) in [6, 6.07) is 4.92. The van der Waals surface area contributed by atoms with Gasteiger partial charge in [-0.05, 0) is 6.07 Å². The summed E-state index contributed by atoms with van der Waals surface area (Å²) >= 11 is 0. The summed E-state index contributed by atoms with van der Waals surface area (Å²) in [5.74, 6) is -1.93. The number of H-pyrrole nitrogens is 1. The van der Waals surface area contributed by atoms with Gasteiger partial charge < -0.3 is 0 Å². The van der Waals surface area contributed by atoms with E-state index in [-0.39, 0.29) is 11.1 Å². The number of hydrogen-bond donors (Lipinski definition) is 1. The van der Waals surface area contributed by atoms with Gasteiger partial charge >= 0.3 is 0 Å². The van der Waals surface area contributed by atoms with Gasteiger partial charge in [-0.1, -0.05) is 12.1 Å². The topological polar surface area (TPSA) is 45.8 Å². The molecular formula is C10H6F2N2O. The number of aromatic nitrogens is 2. The van der Waals surface area contributed by atoms with Crippen LogP contribution >= 0.6 is 0 Å². The number of nitrogens with one attached hydrogen (secondary N) is 1. The second-order valence-corrected chi connectivity index (χ2v) is 2.94. The lowest BCUT2D eigenvalue weighted by Crippen LogP contribution is -2.06. The summed E-state index contributed by atoms with van der Waals surface area (Å²) in [5.41, 5.74) is -0.194. The van der Waals surface area contributed by atoms with Crippen LogP contribution in [0.25, 0.3) is 11.1 Å². The Hall–Kier alpha value is -2.04. The monoisotopic (exact) mass is 208 g/mol. The average Bonchev–Trinajstić information content (AvgIpc) is 2.22. The van der Waals surface area contributed by atoms with Gasteiger partial charge in [-0.15, -0.1) is 0 Å². The lowest BCUT2D eigenvalue weighted by molar-refractivity contribution is 0.511. The Morgan fingerprint density at radius 2 is 2.07 bits per heavy atom. The van der Waals surface area contributed by atoms with Gasteiger partial charge in [-0.25, -0.2) is 13.9 Å². The van der Waals surface area contributed by atoms with Crippen LogP contribution in [0.2, 0.25) is 0 Å². The summed E-state index contributed by atoms with van der Waals surface area (Å²) in [6.45, 7) is 0. The molecule has 1 N–H and O–H groups in total. The van der Waals surface area contributed by atoms with Gasteiger partial charge in [0.15, 0.2) is 11.6 Å². The number of benzene rings is 1. The molecule has 0 unspecified atom stereocenters. The van der Waals surface area contributed by atoms with Crippen LogP contribution in [0.3, 0.4) is 0 Å². The molecule has 0 bridgehead atoms. The molecule has 0 amide bonds. The molecule has 3 nitrogen and oxygen atoms in total. The van der Waals surface area contributed by atoms with Crippen molar-refractivity contribution >= 4 is 0 Å². The first-order valence-corrected chi connectivity index (χ1v) is 4.17. The summed E-state index contributed by atoms with van der Waals surface area (Å²) in [5, 5.41) is 5.66. The first kappa shape index (κ1) is 9.51. The summed E-state index contributed by atoms with van der Waals surface area (Å²) in [4.78, 5) is 10.9. The van der Waals surface area contributed by atoms with Crippen molar-refractivity contribution < 1.29 is 8.78 Å². The number of rotatable bonds is 1. The minimum Gasteiger partial charge on any atom is -0.268 e. The molecule has 15 heavy (non-hydrogen) atoms. The molecule has 0 aliphatic rings. The van der Waals surface area contributed by atoms with Gasteiger partial charge in [0.2, 0.25) is 0 Å². The van der Waals surface area contributed by atoms with Crippen molar-refractivity contribution in [3.05, 3.63) is 52.5 Å². The zero-order chi connectivity index (χ0) is 10.8. The third-order valence-corrected chi connectivity index (χ3v) is 1.93. The van der Waals surface area contributed by atoms with Crippen LogP contribution < -0.4 is 5.56 Å². The highest BCUT2D eigenvalue weighted by Gasteiger charge is 2.09. The van der Waals surface area contributed by atoms with Crippen LogP contribution in [0, 0.1) is 11.6 Å². The molecule has 1 heterocycles. The van der Waals surface area contributed by atoms with Crippen molar-refractivity contribution in [3.8, 4) is 11.1 Å². The van der Waals surface area contributed by atoms with E-state index in [9.17, 15) is 13.6 Å². The largest absolute Gasteiger partial charge is 0.268 e. The first-order chi connectivity index (χ1) is 7.18. The van der Waals surface area contributed by atoms with E-state index < -0.39 is 17.2 Å². The fourth-order valence-corrected chi connectivity index (χ4v) is 1.25. The summed E-state index contributed by atoms with van der Waals surface area (Å²) in [6.07, 6.45) is 1.26. The summed E-state index contributed by atoms with van der Waals surface area (Å²) in [7, 11) is 0. The van der Waals surface area contributed by atoms with Crippen molar-refractivity contribution in [1.29, 1.82) is 0 Å². The van der Waals surface area contributed by atoms with Crippen LogP contribution in [0.5, 0.6) is 0 Å². The first-order valence-electron chi connectivity index (χ1n) is 4.17. The molecule has 2 rings (SSSR count). The van der Waals surface area contributed by atoms with Crippen molar-refractivity contribution in [2.75, 3.05) is 0 Å². The lowest BCUT2D eigenvalue weighted by atomic mass is 10.1. The average molecular weight is 208 g/mol. The Balaban J connectivity index is 2.64. The maximum atomic E-state index is 13.3. The van der Waals surface area contributed by atoms with Crippen molar-refractivity contribution in [2.24, 2.45) is 0 Å². The van der Waals surface area contributed by atoms with Crippen molar-refractivity contribution in [1.82, 2.24) is 10.2 Å². The number of hydrogen-bond acceptors (Lipinski definition) is 2. The van der Waals surface area contributed by atoms with E-state index in [0.29, 0.717) is 0 Å². The van der Waals surface area contributed by atoms with Crippen molar-refractivity contribution in [3.63, 3.8) is 0 Å². The number of aromatic amines is 1. The van der Waals surface area contributed by atoms with Crippen molar-refractivity contribution in [2.45, 2.75) is 0 Å². The number of nitrogens with zero attached hydrogens (tertiary/aromatic N) is 1. The molecule has 0 aliphatic carbocycles. The Morgan fingerprint density at radius 3 is 2.80 bits per heavy atom. The Labute approximate surface area is 83.4 Å². The standard InChI is InChI=1S/C10H6F2N2O/c11-8-3-1-2-7(10(8)12)6-4-9(15)14-13-5-6/h1-5H,(H,14,15). The minimum atomic E-state index is -0.982. The van der Waals surface area contributed by atoms with E-state index >= 15 is 0 Å². The Bertz CT molecular complexity index is 551. The van der Waals surface area contributed by atoms with E-state index in [0.717, 1.165) is 12.1 Å². The van der Waals surface area contributed by atoms with Gasteiger partial charge in [0.1, 0.15) is 0 Å². The predicted molar refractivity (Wildman–Crippen MR) is 50.2 cm³/mol. The molecule has 2 aromatic rings. The van der Waals surface area contributed by atoms with Crippen LogP contribution in [0.4, 0.5) is 8.78 Å². The second-order valence-electron chi connectivity index (χ2n) is 2.94. The molecule has 0 saturated heterocycles. The Kier molecular flexibility index (Phi) is 2.29. The van der Waals surface area contributed by atoms with E-state index in [1.165, 1.54) is 18.3 Å².